The maximum atomic E-state index is 12.6. The number of piperazine rings is 1. The van der Waals surface area contributed by atoms with Gasteiger partial charge in [0.2, 0.25) is 11.8 Å². The molecule has 1 aromatic heterocycles. The first-order chi connectivity index (χ1) is 10.5. The quantitative estimate of drug-likeness (QED) is 0.865. The van der Waals surface area contributed by atoms with E-state index in [9.17, 15) is 9.59 Å². The molecule has 0 radical (unpaired) electrons. The third-order valence-corrected chi connectivity index (χ3v) is 3.76. The zero-order valence-corrected chi connectivity index (χ0v) is 13.3. The molecule has 2 heterocycles. The van der Waals surface area contributed by atoms with Gasteiger partial charge in [-0.25, -0.2) is 4.98 Å². The van der Waals surface area contributed by atoms with Crippen LogP contribution >= 0.6 is 0 Å². The molecule has 0 saturated carbocycles. The Kier molecular flexibility index (Phi) is 5.30. The lowest BCUT2D eigenvalue weighted by Crippen LogP contribution is -2.56. The predicted octanol–water partition coefficient (Wildman–Crippen LogP) is 0.286. The fourth-order valence-corrected chi connectivity index (χ4v) is 2.54. The minimum atomic E-state index is -0.458. The Bertz CT molecular complexity index is 512. The van der Waals surface area contributed by atoms with Crippen molar-refractivity contribution in [2.75, 3.05) is 31.1 Å². The fourth-order valence-electron chi connectivity index (χ4n) is 2.54. The van der Waals surface area contributed by atoms with E-state index < -0.39 is 6.04 Å². The minimum Gasteiger partial charge on any atom is -0.352 e. The molecule has 1 fully saturated rings. The third kappa shape index (κ3) is 3.93. The van der Waals surface area contributed by atoms with Crippen LogP contribution < -0.4 is 10.2 Å². The van der Waals surface area contributed by atoms with Crippen LogP contribution in [0.5, 0.6) is 0 Å². The highest BCUT2D eigenvalue weighted by molar-refractivity contribution is 5.87. The Morgan fingerprint density at radius 3 is 2.36 bits per heavy atom. The number of nitrogens with zero attached hydrogens (tertiary/aromatic N) is 4. The van der Waals surface area contributed by atoms with Crippen molar-refractivity contribution < 1.29 is 9.59 Å². The summed E-state index contributed by atoms with van der Waals surface area (Å²) >= 11 is 0. The highest BCUT2D eigenvalue weighted by atomic mass is 16.2. The van der Waals surface area contributed by atoms with Gasteiger partial charge in [-0.3, -0.25) is 14.6 Å². The van der Waals surface area contributed by atoms with Crippen molar-refractivity contribution in [3.05, 3.63) is 18.6 Å². The summed E-state index contributed by atoms with van der Waals surface area (Å²) in [5.74, 6) is 0.709. The van der Waals surface area contributed by atoms with Crippen molar-refractivity contribution in [1.29, 1.82) is 0 Å². The van der Waals surface area contributed by atoms with Gasteiger partial charge in [-0.2, -0.15) is 0 Å². The molecule has 0 aliphatic carbocycles. The Morgan fingerprint density at radius 1 is 1.18 bits per heavy atom. The number of carbonyl (C=O) groups excluding carboxylic acids is 2. The summed E-state index contributed by atoms with van der Waals surface area (Å²) in [7, 11) is 0. The number of rotatable bonds is 4. The van der Waals surface area contributed by atoms with E-state index >= 15 is 0 Å². The molecule has 0 bridgehead atoms. The monoisotopic (exact) mass is 305 g/mol. The standard InChI is InChI=1S/C15H23N5O2/c1-11(2)14(18-12(3)21)15(22)20-8-6-19(7-9-20)13-10-16-4-5-17-13/h4-5,10-11,14H,6-9H2,1-3H3,(H,18,21)/t14-/m0/s1. The number of carbonyl (C=O) groups is 2. The maximum Gasteiger partial charge on any atom is 0.245 e. The molecular formula is C15H23N5O2. The van der Waals surface area contributed by atoms with Gasteiger partial charge in [-0.1, -0.05) is 13.8 Å². The van der Waals surface area contributed by atoms with Crippen LogP contribution in [0.3, 0.4) is 0 Å². The lowest BCUT2D eigenvalue weighted by molar-refractivity contribution is -0.137. The lowest BCUT2D eigenvalue weighted by atomic mass is 10.0. The van der Waals surface area contributed by atoms with Crippen LogP contribution in [0.1, 0.15) is 20.8 Å². The molecular weight excluding hydrogens is 282 g/mol. The van der Waals surface area contributed by atoms with Gasteiger partial charge in [0.05, 0.1) is 6.20 Å². The van der Waals surface area contributed by atoms with E-state index in [0.717, 1.165) is 18.9 Å². The van der Waals surface area contributed by atoms with Crippen LogP contribution in [-0.2, 0) is 9.59 Å². The fraction of sp³-hybridized carbons (Fsp3) is 0.600. The first-order valence-corrected chi connectivity index (χ1v) is 7.56. The molecule has 2 amide bonds. The average Bonchev–Trinajstić information content (AvgIpc) is 2.52. The molecule has 1 atom stereocenters. The van der Waals surface area contributed by atoms with Gasteiger partial charge in [0.15, 0.2) is 0 Å². The van der Waals surface area contributed by atoms with Gasteiger partial charge < -0.3 is 15.1 Å². The van der Waals surface area contributed by atoms with Crippen molar-refractivity contribution >= 4 is 17.6 Å². The summed E-state index contributed by atoms with van der Waals surface area (Å²) in [5, 5.41) is 2.75. The Morgan fingerprint density at radius 2 is 1.86 bits per heavy atom. The first-order valence-electron chi connectivity index (χ1n) is 7.56. The Labute approximate surface area is 130 Å². The van der Waals surface area contributed by atoms with Gasteiger partial charge in [-0.05, 0) is 5.92 Å². The second-order valence-corrected chi connectivity index (χ2v) is 5.80. The number of nitrogens with one attached hydrogen (secondary N) is 1. The van der Waals surface area contributed by atoms with Gasteiger partial charge in [0.25, 0.3) is 0 Å². The van der Waals surface area contributed by atoms with Crippen molar-refractivity contribution in [2.45, 2.75) is 26.8 Å². The summed E-state index contributed by atoms with van der Waals surface area (Å²) in [5.41, 5.74) is 0. The molecule has 1 saturated heterocycles. The van der Waals surface area contributed by atoms with E-state index in [1.807, 2.05) is 18.7 Å². The third-order valence-electron chi connectivity index (χ3n) is 3.76. The van der Waals surface area contributed by atoms with E-state index in [4.69, 9.17) is 0 Å². The van der Waals surface area contributed by atoms with Gasteiger partial charge in [-0.15, -0.1) is 0 Å². The van der Waals surface area contributed by atoms with Crippen molar-refractivity contribution in [3.63, 3.8) is 0 Å². The molecule has 0 spiro atoms. The van der Waals surface area contributed by atoms with E-state index in [1.54, 1.807) is 18.6 Å². The van der Waals surface area contributed by atoms with E-state index in [0.29, 0.717) is 13.1 Å². The summed E-state index contributed by atoms with van der Waals surface area (Å²) < 4.78 is 0. The molecule has 7 heteroatoms. The lowest BCUT2D eigenvalue weighted by Gasteiger charge is -2.37. The highest BCUT2D eigenvalue weighted by Crippen LogP contribution is 2.14. The largest absolute Gasteiger partial charge is 0.352 e. The second kappa shape index (κ2) is 7.20. The van der Waals surface area contributed by atoms with Crippen LogP contribution in [0, 0.1) is 5.92 Å². The maximum absolute atomic E-state index is 12.6. The molecule has 120 valence electrons. The van der Waals surface area contributed by atoms with Crippen LogP contribution in [0.4, 0.5) is 5.82 Å². The van der Waals surface area contributed by atoms with Crippen LogP contribution in [-0.4, -0.2) is 58.9 Å². The van der Waals surface area contributed by atoms with Crippen molar-refractivity contribution in [1.82, 2.24) is 20.2 Å². The number of amides is 2. The van der Waals surface area contributed by atoms with Gasteiger partial charge in [0, 0.05) is 45.5 Å². The van der Waals surface area contributed by atoms with E-state index in [1.165, 1.54) is 6.92 Å². The first kappa shape index (κ1) is 16.2. The Hall–Kier alpha value is -2.18. The number of anilines is 1. The van der Waals surface area contributed by atoms with Crippen LogP contribution in [0.15, 0.2) is 18.6 Å². The van der Waals surface area contributed by atoms with Crippen LogP contribution in [0.2, 0.25) is 0 Å². The molecule has 7 nitrogen and oxygen atoms in total. The Balaban J connectivity index is 1.95. The van der Waals surface area contributed by atoms with Crippen molar-refractivity contribution in [3.8, 4) is 0 Å². The zero-order chi connectivity index (χ0) is 16.1. The summed E-state index contributed by atoms with van der Waals surface area (Å²) in [6.07, 6.45) is 5.04. The molecule has 1 aromatic rings. The number of hydrogen-bond acceptors (Lipinski definition) is 5. The minimum absolute atomic E-state index is 0.0102. The van der Waals surface area contributed by atoms with Gasteiger partial charge >= 0.3 is 0 Å². The predicted molar refractivity (Wildman–Crippen MR) is 83.3 cm³/mol. The molecule has 2 rings (SSSR count). The molecule has 0 unspecified atom stereocenters. The molecule has 1 N–H and O–H groups in total. The van der Waals surface area contributed by atoms with Gasteiger partial charge in [0.1, 0.15) is 11.9 Å². The van der Waals surface area contributed by atoms with E-state index in [-0.39, 0.29) is 17.7 Å². The molecule has 1 aliphatic heterocycles. The summed E-state index contributed by atoms with van der Waals surface area (Å²) in [4.78, 5) is 36.1. The normalized spacial score (nSPS) is 16.5. The van der Waals surface area contributed by atoms with E-state index in [2.05, 4.69) is 20.2 Å². The molecule has 22 heavy (non-hydrogen) atoms. The number of aromatic nitrogens is 2. The topological polar surface area (TPSA) is 78.4 Å². The smallest absolute Gasteiger partial charge is 0.245 e. The molecule has 1 aliphatic rings. The summed E-state index contributed by atoms with van der Waals surface area (Å²) in [6.45, 7) is 8.00. The van der Waals surface area contributed by atoms with Crippen LogP contribution in [0.25, 0.3) is 0 Å². The van der Waals surface area contributed by atoms with Crippen molar-refractivity contribution in [2.24, 2.45) is 5.92 Å². The zero-order valence-electron chi connectivity index (χ0n) is 13.3. The summed E-state index contributed by atoms with van der Waals surface area (Å²) in [6, 6.07) is -0.458. The molecule has 0 aromatic carbocycles. The highest BCUT2D eigenvalue weighted by Gasteiger charge is 2.30. The number of hydrogen-bond donors (Lipinski definition) is 1. The average molecular weight is 305 g/mol. The SMILES string of the molecule is CC(=O)N[C@H](C(=O)N1CCN(c2cnccn2)CC1)C(C)C. The second-order valence-electron chi connectivity index (χ2n) is 5.80.